The Labute approximate surface area is 125 Å². The minimum Gasteiger partial charge on any atom is -0.478 e. The minimum atomic E-state index is -1.11. The lowest BCUT2D eigenvalue weighted by Crippen LogP contribution is -2.15. The van der Waals surface area contributed by atoms with Gasteiger partial charge in [-0.3, -0.25) is 4.79 Å². The predicted octanol–water partition coefficient (Wildman–Crippen LogP) is 2.82. The molecule has 1 aromatic carbocycles. The number of nitrogens with zero attached hydrogens (tertiary/aromatic N) is 1. The Balaban J connectivity index is 2.15. The number of aryl methyl sites for hydroxylation is 2. The smallest absolute Gasteiger partial charge is 0.335 e. The minimum absolute atomic E-state index is 0.00939. The Morgan fingerprint density at radius 3 is 2.62 bits per heavy atom. The van der Waals surface area contributed by atoms with Crippen molar-refractivity contribution in [3.63, 3.8) is 0 Å². The van der Waals surface area contributed by atoms with Gasteiger partial charge in [0.1, 0.15) is 5.76 Å². The van der Waals surface area contributed by atoms with Crippen LogP contribution in [0, 0.1) is 13.8 Å². The molecule has 0 bridgehead atoms. The summed E-state index contributed by atoms with van der Waals surface area (Å²) in [4.78, 5) is 23.0. The van der Waals surface area contributed by atoms with Crippen LogP contribution in [0.2, 0.25) is 5.02 Å². The fraction of sp³-hybridized carbons (Fsp3) is 0.214. The lowest BCUT2D eigenvalue weighted by Gasteiger charge is -2.07. The zero-order valence-electron chi connectivity index (χ0n) is 11.4. The molecule has 0 spiro atoms. The maximum Gasteiger partial charge on any atom is 0.335 e. The SMILES string of the molecule is Cc1noc(C)c1CC(=O)Nc1cc(Cl)cc(C(=O)O)c1. The summed E-state index contributed by atoms with van der Waals surface area (Å²) < 4.78 is 4.99. The Morgan fingerprint density at radius 1 is 1.33 bits per heavy atom. The van der Waals surface area contributed by atoms with Crippen LogP contribution in [-0.4, -0.2) is 22.1 Å². The van der Waals surface area contributed by atoms with Gasteiger partial charge in [0.2, 0.25) is 5.91 Å². The number of carbonyl (C=O) groups excluding carboxylic acids is 1. The van der Waals surface area contributed by atoms with Gasteiger partial charge in [-0.1, -0.05) is 16.8 Å². The first-order valence-electron chi connectivity index (χ1n) is 6.12. The van der Waals surface area contributed by atoms with Gasteiger partial charge in [-0.25, -0.2) is 4.79 Å². The number of rotatable bonds is 4. The van der Waals surface area contributed by atoms with Crippen molar-refractivity contribution in [2.75, 3.05) is 5.32 Å². The topological polar surface area (TPSA) is 92.4 Å². The maximum absolute atomic E-state index is 12.0. The number of hydrogen-bond acceptors (Lipinski definition) is 4. The number of nitrogens with one attached hydrogen (secondary N) is 1. The van der Waals surface area contributed by atoms with Crippen LogP contribution in [0.4, 0.5) is 5.69 Å². The summed E-state index contributed by atoms with van der Waals surface area (Å²) in [5.74, 6) is -0.832. The van der Waals surface area contributed by atoms with Crippen LogP contribution in [0.1, 0.15) is 27.4 Å². The van der Waals surface area contributed by atoms with E-state index in [0.717, 1.165) is 0 Å². The van der Waals surface area contributed by atoms with E-state index in [9.17, 15) is 9.59 Å². The molecule has 7 heteroatoms. The van der Waals surface area contributed by atoms with Crippen LogP contribution in [0.15, 0.2) is 22.7 Å². The third kappa shape index (κ3) is 3.61. The molecule has 0 atom stereocenters. The second kappa shape index (κ2) is 5.97. The molecule has 110 valence electrons. The third-order valence-corrected chi connectivity index (χ3v) is 3.17. The highest BCUT2D eigenvalue weighted by Crippen LogP contribution is 2.20. The summed E-state index contributed by atoms with van der Waals surface area (Å²) in [5.41, 5.74) is 1.71. The number of hydrogen-bond donors (Lipinski definition) is 2. The molecule has 2 rings (SSSR count). The van der Waals surface area contributed by atoms with Crippen LogP contribution in [0.3, 0.4) is 0 Å². The maximum atomic E-state index is 12.0. The van der Waals surface area contributed by atoms with Crippen LogP contribution >= 0.6 is 11.6 Å². The summed E-state index contributed by atoms with van der Waals surface area (Å²) >= 11 is 5.83. The van der Waals surface area contributed by atoms with Gasteiger partial charge in [-0.05, 0) is 32.0 Å². The Kier molecular flexibility index (Phi) is 4.28. The van der Waals surface area contributed by atoms with Gasteiger partial charge < -0.3 is 14.9 Å². The van der Waals surface area contributed by atoms with E-state index in [0.29, 0.717) is 22.7 Å². The molecule has 0 saturated carbocycles. The van der Waals surface area contributed by atoms with Crippen molar-refractivity contribution in [3.05, 3.63) is 45.8 Å². The molecule has 0 saturated heterocycles. The molecular weight excluding hydrogens is 296 g/mol. The summed E-state index contributed by atoms with van der Waals surface area (Å²) in [7, 11) is 0. The highest BCUT2D eigenvalue weighted by molar-refractivity contribution is 6.31. The van der Waals surface area contributed by atoms with E-state index in [4.69, 9.17) is 21.2 Å². The fourth-order valence-electron chi connectivity index (χ4n) is 1.91. The average molecular weight is 309 g/mol. The van der Waals surface area contributed by atoms with Crippen molar-refractivity contribution in [1.82, 2.24) is 5.16 Å². The molecule has 0 fully saturated rings. The number of aromatic nitrogens is 1. The van der Waals surface area contributed by atoms with Crippen molar-refractivity contribution in [1.29, 1.82) is 0 Å². The zero-order valence-corrected chi connectivity index (χ0v) is 12.2. The second-order valence-corrected chi connectivity index (χ2v) is 5.00. The largest absolute Gasteiger partial charge is 0.478 e. The zero-order chi connectivity index (χ0) is 15.6. The summed E-state index contributed by atoms with van der Waals surface area (Å²) in [5, 5.41) is 15.6. The molecule has 2 N–H and O–H groups in total. The van der Waals surface area contributed by atoms with E-state index < -0.39 is 5.97 Å². The summed E-state index contributed by atoms with van der Waals surface area (Å²) in [6, 6.07) is 4.15. The third-order valence-electron chi connectivity index (χ3n) is 2.95. The van der Waals surface area contributed by atoms with Crippen molar-refractivity contribution in [2.45, 2.75) is 20.3 Å². The first-order chi connectivity index (χ1) is 9.86. The lowest BCUT2D eigenvalue weighted by molar-refractivity contribution is -0.115. The van der Waals surface area contributed by atoms with Gasteiger partial charge in [0.05, 0.1) is 17.7 Å². The standard InChI is InChI=1S/C14H13ClN2O4/c1-7-12(8(2)21-17-7)6-13(18)16-11-4-9(14(19)20)3-10(15)5-11/h3-5H,6H2,1-2H3,(H,16,18)(H,19,20). The van der Waals surface area contributed by atoms with Crippen molar-refractivity contribution in [2.24, 2.45) is 0 Å². The first kappa shape index (κ1) is 15.1. The highest BCUT2D eigenvalue weighted by atomic mass is 35.5. The lowest BCUT2D eigenvalue weighted by atomic mass is 10.1. The second-order valence-electron chi connectivity index (χ2n) is 4.56. The molecule has 6 nitrogen and oxygen atoms in total. The molecule has 0 aliphatic carbocycles. The molecule has 21 heavy (non-hydrogen) atoms. The number of amides is 1. The van der Waals surface area contributed by atoms with E-state index in [-0.39, 0.29) is 22.9 Å². The Bertz CT molecular complexity index is 689. The van der Waals surface area contributed by atoms with Gasteiger partial charge in [-0.2, -0.15) is 0 Å². The summed E-state index contributed by atoms with van der Waals surface area (Å²) in [6.07, 6.45) is 0.0933. The first-order valence-corrected chi connectivity index (χ1v) is 6.50. The number of carbonyl (C=O) groups is 2. The average Bonchev–Trinajstić information content (AvgIpc) is 2.69. The van der Waals surface area contributed by atoms with Gasteiger partial charge in [0.25, 0.3) is 0 Å². The number of halogens is 1. The number of anilines is 1. The van der Waals surface area contributed by atoms with Gasteiger partial charge in [0.15, 0.2) is 0 Å². The van der Waals surface area contributed by atoms with Gasteiger partial charge in [-0.15, -0.1) is 0 Å². The quantitative estimate of drug-likeness (QED) is 0.906. The predicted molar refractivity (Wildman–Crippen MR) is 76.7 cm³/mol. The number of aromatic carboxylic acids is 1. The van der Waals surface area contributed by atoms with E-state index in [1.165, 1.54) is 18.2 Å². The number of carboxylic acids is 1. The van der Waals surface area contributed by atoms with E-state index in [1.54, 1.807) is 13.8 Å². The summed E-state index contributed by atoms with van der Waals surface area (Å²) in [6.45, 7) is 3.48. The fourth-order valence-corrected chi connectivity index (χ4v) is 2.14. The van der Waals surface area contributed by atoms with Crippen molar-refractivity contribution >= 4 is 29.2 Å². The Hall–Kier alpha value is -2.34. The Morgan fingerprint density at radius 2 is 2.05 bits per heavy atom. The molecular formula is C14H13ClN2O4. The number of carboxylic acid groups (broad SMARTS) is 1. The van der Waals surface area contributed by atoms with Gasteiger partial charge in [0, 0.05) is 16.3 Å². The van der Waals surface area contributed by atoms with Crippen molar-refractivity contribution < 1.29 is 19.2 Å². The van der Waals surface area contributed by atoms with Crippen LogP contribution < -0.4 is 5.32 Å². The van der Waals surface area contributed by atoms with Crippen molar-refractivity contribution in [3.8, 4) is 0 Å². The molecule has 1 heterocycles. The van der Waals surface area contributed by atoms with Crippen LogP contribution in [0.25, 0.3) is 0 Å². The molecule has 1 aromatic heterocycles. The molecule has 0 aliphatic heterocycles. The van der Waals surface area contributed by atoms with Gasteiger partial charge >= 0.3 is 5.97 Å². The molecule has 2 aromatic rings. The van der Waals surface area contributed by atoms with Crippen LogP contribution in [-0.2, 0) is 11.2 Å². The highest BCUT2D eigenvalue weighted by Gasteiger charge is 2.14. The monoisotopic (exact) mass is 308 g/mol. The molecule has 0 unspecified atom stereocenters. The van der Waals surface area contributed by atoms with Crippen LogP contribution in [0.5, 0.6) is 0 Å². The van der Waals surface area contributed by atoms with E-state index >= 15 is 0 Å². The molecule has 0 aliphatic rings. The van der Waals surface area contributed by atoms with E-state index in [2.05, 4.69) is 10.5 Å². The molecule has 1 amide bonds. The molecule has 0 radical (unpaired) electrons. The van der Waals surface area contributed by atoms with E-state index in [1.807, 2.05) is 0 Å². The number of benzene rings is 1. The normalized spacial score (nSPS) is 10.4.